The number of ether oxygens (including phenoxy) is 6. The number of carboxylic acid groups (broad SMARTS) is 1. The molecule has 0 bridgehead atoms. The average Bonchev–Trinajstić information content (AvgIpc) is 2.89. The Morgan fingerprint density at radius 2 is 1.09 bits per heavy atom. The molecule has 8 heteroatoms. The lowest BCUT2D eigenvalue weighted by Gasteiger charge is -2.14. The maximum absolute atomic E-state index is 11.9. The Bertz CT molecular complexity index is 972. The first-order chi connectivity index (χ1) is 17.1. The zero-order valence-corrected chi connectivity index (χ0v) is 19.9. The van der Waals surface area contributed by atoms with Crippen LogP contribution in [0.2, 0.25) is 0 Å². The quantitative estimate of drug-likeness (QED) is 0.315. The molecule has 0 fully saturated rings. The van der Waals surface area contributed by atoms with Crippen LogP contribution in [0.5, 0.6) is 23.0 Å². The van der Waals surface area contributed by atoms with Crippen molar-refractivity contribution in [2.75, 3.05) is 40.6 Å². The summed E-state index contributed by atoms with van der Waals surface area (Å²) in [6.45, 7) is 1.83. The zero-order chi connectivity index (χ0) is 24.9. The predicted molar refractivity (Wildman–Crippen MR) is 130 cm³/mol. The minimum atomic E-state index is -1.13. The van der Waals surface area contributed by atoms with Crippen molar-refractivity contribution in [3.8, 4) is 23.0 Å². The second-order valence-corrected chi connectivity index (χ2v) is 7.43. The van der Waals surface area contributed by atoms with E-state index in [0.29, 0.717) is 26.4 Å². The van der Waals surface area contributed by atoms with Crippen LogP contribution in [-0.2, 0) is 22.7 Å². The Balaban J connectivity index is 1.43. The van der Waals surface area contributed by atoms with Gasteiger partial charge in [0.15, 0.2) is 0 Å². The number of hydrogen-bond donors (Lipinski definition) is 1. The van der Waals surface area contributed by atoms with Gasteiger partial charge in [-0.05, 0) is 47.5 Å². The molecule has 3 rings (SSSR count). The van der Waals surface area contributed by atoms with Crippen molar-refractivity contribution in [1.29, 1.82) is 0 Å². The molecular weight excluding hydrogens is 452 g/mol. The third kappa shape index (κ3) is 8.20. The van der Waals surface area contributed by atoms with Crippen LogP contribution in [0.3, 0.4) is 0 Å². The molecule has 0 aliphatic carbocycles. The van der Waals surface area contributed by atoms with E-state index in [1.807, 2.05) is 48.5 Å². The number of carbonyl (C=O) groups is 1. The number of aromatic carboxylic acids is 1. The number of methoxy groups -OCH3 is 2. The maximum Gasteiger partial charge on any atom is 0.343 e. The molecule has 0 saturated carbocycles. The van der Waals surface area contributed by atoms with Gasteiger partial charge in [0, 0.05) is 0 Å². The molecule has 186 valence electrons. The fraction of sp³-hybridized carbons (Fsp3) is 0.296. The van der Waals surface area contributed by atoms with Crippen molar-refractivity contribution in [2.24, 2.45) is 0 Å². The van der Waals surface area contributed by atoms with Crippen LogP contribution in [0.1, 0.15) is 21.5 Å². The summed E-state index contributed by atoms with van der Waals surface area (Å²) in [5.41, 5.74) is 1.97. The Kier molecular flexibility index (Phi) is 10.2. The minimum Gasteiger partial charge on any atom is -0.497 e. The normalized spacial score (nSPS) is 10.6. The summed E-state index contributed by atoms with van der Waals surface area (Å²) in [5, 5.41) is 9.69. The van der Waals surface area contributed by atoms with E-state index in [0.717, 1.165) is 22.6 Å². The van der Waals surface area contributed by atoms with Gasteiger partial charge in [0.1, 0.15) is 41.8 Å². The first-order valence-electron chi connectivity index (χ1n) is 11.1. The molecule has 0 radical (unpaired) electrons. The Hall–Kier alpha value is -3.75. The maximum atomic E-state index is 11.9. The third-order valence-corrected chi connectivity index (χ3v) is 5.03. The van der Waals surface area contributed by atoms with Crippen molar-refractivity contribution < 1.29 is 38.3 Å². The molecule has 0 amide bonds. The largest absolute Gasteiger partial charge is 0.497 e. The summed E-state index contributed by atoms with van der Waals surface area (Å²) in [5.74, 6) is 0.881. The first-order valence-corrected chi connectivity index (χ1v) is 11.1. The van der Waals surface area contributed by atoms with Gasteiger partial charge in [-0.15, -0.1) is 0 Å². The zero-order valence-electron chi connectivity index (χ0n) is 19.9. The van der Waals surface area contributed by atoms with E-state index in [1.54, 1.807) is 32.4 Å². The molecule has 0 unspecified atom stereocenters. The van der Waals surface area contributed by atoms with Crippen LogP contribution < -0.4 is 18.9 Å². The highest BCUT2D eigenvalue weighted by Crippen LogP contribution is 2.28. The Labute approximate surface area is 204 Å². The SMILES string of the molecule is COc1ccc(COCCOc2cccc(OCCOCc3ccc(OC)cc3)c2C(=O)O)cc1. The molecule has 0 aliphatic heterocycles. The number of carboxylic acids is 1. The monoisotopic (exact) mass is 482 g/mol. The van der Waals surface area contributed by atoms with E-state index >= 15 is 0 Å². The number of hydrogen-bond acceptors (Lipinski definition) is 7. The van der Waals surface area contributed by atoms with Crippen molar-refractivity contribution in [3.05, 3.63) is 83.4 Å². The second-order valence-electron chi connectivity index (χ2n) is 7.43. The van der Waals surface area contributed by atoms with Crippen LogP contribution in [0.4, 0.5) is 0 Å². The number of rotatable bonds is 15. The van der Waals surface area contributed by atoms with Crippen LogP contribution in [0.25, 0.3) is 0 Å². The van der Waals surface area contributed by atoms with Crippen LogP contribution in [-0.4, -0.2) is 51.7 Å². The van der Waals surface area contributed by atoms with E-state index in [4.69, 9.17) is 28.4 Å². The van der Waals surface area contributed by atoms with E-state index in [9.17, 15) is 9.90 Å². The highest BCUT2D eigenvalue weighted by atomic mass is 16.5. The molecule has 3 aromatic carbocycles. The molecule has 3 aromatic rings. The smallest absolute Gasteiger partial charge is 0.343 e. The fourth-order valence-electron chi connectivity index (χ4n) is 3.21. The van der Waals surface area contributed by atoms with Gasteiger partial charge < -0.3 is 33.5 Å². The first kappa shape index (κ1) is 25.9. The second kappa shape index (κ2) is 13.8. The standard InChI is InChI=1S/C27H30O8/c1-30-22-10-6-20(7-11-22)18-32-14-16-34-24-4-3-5-25(26(24)27(28)29)35-17-15-33-19-21-8-12-23(31-2)13-9-21/h3-13H,14-19H2,1-2H3,(H,28,29). The summed E-state index contributed by atoms with van der Waals surface area (Å²) < 4.78 is 32.8. The van der Waals surface area contributed by atoms with Crippen LogP contribution in [0.15, 0.2) is 66.7 Å². The van der Waals surface area contributed by atoms with Gasteiger partial charge in [-0.3, -0.25) is 0 Å². The molecule has 35 heavy (non-hydrogen) atoms. The summed E-state index contributed by atoms with van der Waals surface area (Å²) in [6, 6.07) is 20.0. The highest BCUT2D eigenvalue weighted by Gasteiger charge is 2.18. The van der Waals surface area contributed by atoms with Gasteiger partial charge in [-0.1, -0.05) is 30.3 Å². The van der Waals surface area contributed by atoms with Crippen molar-refractivity contribution >= 4 is 5.97 Å². The van der Waals surface area contributed by atoms with Gasteiger partial charge in [-0.25, -0.2) is 4.79 Å². The van der Waals surface area contributed by atoms with Gasteiger partial charge >= 0.3 is 5.97 Å². The molecule has 8 nitrogen and oxygen atoms in total. The van der Waals surface area contributed by atoms with Gasteiger partial charge in [0.05, 0.1) is 40.6 Å². The molecule has 1 N–H and O–H groups in total. The topological polar surface area (TPSA) is 92.7 Å². The fourth-order valence-corrected chi connectivity index (χ4v) is 3.21. The van der Waals surface area contributed by atoms with Gasteiger partial charge in [0.2, 0.25) is 0 Å². The molecule has 0 saturated heterocycles. The Morgan fingerprint density at radius 1 is 0.657 bits per heavy atom. The van der Waals surface area contributed by atoms with Crippen LogP contribution in [0, 0.1) is 0 Å². The molecule has 0 aliphatic rings. The molecule has 0 spiro atoms. The molecule has 0 aromatic heterocycles. The van der Waals surface area contributed by atoms with E-state index in [1.165, 1.54) is 0 Å². The van der Waals surface area contributed by atoms with E-state index in [-0.39, 0.29) is 30.3 Å². The average molecular weight is 483 g/mol. The predicted octanol–water partition coefficient (Wildman–Crippen LogP) is 4.59. The molecule has 0 atom stereocenters. The summed E-state index contributed by atoms with van der Waals surface area (Å²) in [7, 11) is 3.23. The number of benzene rings is 3. The summed E-state index contributed by atoms with van der Waals surface area (Å²) >= 11 is 0. The third-order valence-electron chi connectivity index (χ3n) is 5.03. The minimum absolute atomic E-state index is 0.0298. The van der Waals surface area contributed by atoms with Crippen molar-refractivity contribution in [2.45, 2.75) is 13.2 Å². The highest BCUT2D eigenvalue weighted by molar-refractivity contribution is 5.94. The van der Waals surface area contributed by atoms with Crippen LogP contribution >= 0.6 is 0 Å². The van der Waals surface area contributed by atoms with E-state index in [2.05, 4.69) is 0 Å². The molecule has 0 heterocycles. The van der Waals surface area contributed by atoms with Crippen molar-refractivity contribution in [1.82, 2.24) is 0 Å². The molecular formula is C27H30O8. The summed E-state index contributed by atoms with van der Waals surface area (Å²) in [4.78, 5) is 11.9. The Morgan fingerprint density at radius 3 is 1.46 bits per heavy atom. The lowest BCUT2D eigenvalue weighted by atomic mass is 10.2. The lowest BCUT2D eigenvalue weighted by molar-refractivity contribution is 0.0664. The summed E-state index contributed by atoms with van der Waals surface area (Å²) in [6.07, 6.45) is 0. The van der Waals surface area contributed by atoms with E-state index < -0.39 is 5.97 Å². The lowest BCUT2D eigenvalue weighted by Crippen LogP contribution is -2.13. The van der Waals surface area contributed by atoms with Gasteiger partial charge in [-0.2, -0.15) is 0 Å². The van der Waals surface area contributed by atoms with Gasteiger partial charge in [0.25, 0.3) is 0 Å². The van der Waals surface area contributed by atoms with Crippen molar-refractivity contribution in [3.63, 3.8) is 0 Å².